The van der Waals surface area contributed by atoms with Crippen molar-refractivity contribution in [2.75, 3.05) is 0 Å². The minimum Gasteiger partial charge on any atom is -0.264 e. The lowest BCUT2D eigenvalue weighted by atomic mass is 10.1. The largest absolute Gasteiger partial charge is 0.264 e. The van der Waals surface area contributed by atoms with Crippen molar-refractivity contribution < 1.29 is 0 Å². The Balaban J connectivity index is 2.30. The first-order valence-electron chi connectivity index (χ1n) is 4.68. The highest BCUT2D eigenvalue weighted by Crippen LogP contribution is 2.18. The monoisotopic (exact) mass is 200 g/mol. The van der Waals surface area contributed by atoms with Gasteiger partial charge in [-0.1, -0.05) is 12.1 Å². The Bertz CT molecular complexity index is 349. The number of aromatic nitrogens is 2. The highest BCUT2D eigenvalue weighted by Gasteiger charge is 2.07. The van der Waals surface area contributed by atoms with Crippen LogP contribution in [0.2, 0.25) is 0 Å². The molecule has 0 aliphatic heterocycles. The molecule has 0 aliphatic carbocycles. The first-order valence-corrected chi connectivity index (χ1v) is 5.83. The zero-order chi connectivity index (χ0) is 9.80. The van der Waals surface area contributed by atoms with Crippen molar-refractivity contribution in [2.24, 2.45) is 0 Å². The lowest BCUT2D eigenvalue weighted by molar-refractivity contribution is 1.08. The molecule has 0 radical (unpaired) electrons. The van der Waals surface area contributed by atoms with Gasteiger partial charge in [0, 0.05) is 35.0 Å². The van der Waals surface area contributed by atoms with Crippen LogP contribution in [0.4, 0.5) is 0 Å². The molecule has 0 N–H and O–H groups in total. The number of rotatable bonds is 2. The van der Waals surface area contributed by atoms with Gasteiger partial charge >= 0.3 is 0 Å². The smallest absolute Gasteiger partial charge is 0.0302 e. The van der Waals surface area contributed by atoms with Crippen LogP contribution in [-0.2, 0) is 0 Å². The average molecular weight is 200 g/mol. The molecule has 14 heavy (non-hydrogen) atoms. The molecule has 0 saturated heterocycles. The van der Waals surface area contributed by atoms with Gasteiger partial charge in [0.05, 0.1) is 0 Å². The van der Waals surface area contributed by atoms with Crippen molar-refractivity contribution in [3.05, 3.63) is 60.2 Å². The second-order valence-electron chi connectivity index (χ2n) is 3.29. The van der Waals surface area contributed by atoms with Crippen LogP contribution in [0.3, 0.4) is 0 Å². The SMILES string of the molecule is [SiH3]C(c1cccnc1)c1cccnc1. The zero-order valence-corrected chi connectivity index (χ0v) is 10.1. The lowest BCUT2D eigenvalue weighted by Gasteiger charge is -2.10. The van der Waals surface area contributed by atoms with Crippen LogP contribution in [-0.4, -0.2) is 20.2 Å². The van der Waals surface area contributed by atoms with Crippen LogP contribution >= 0.6 is 0 Å². The molecular weight excluding hydrogens is 188 g/mol. The second kappa shape index (κ2) is 4.15. The Morgan fingerprint density at radius 3 is 1.79 bits per heavy atom. The van der Waals surface area contributed by atoms with Gasteiger partial charge in [-0.05, 0) is 28.8 Å². The molecule has 2 rings (SSSR count). The summed E-state index contributed by atoms with van der Waals surface area (Å²) in [7, 11) is 1.08. The van der Waals surface area contributed by atoms with E-state index < -0.39 is 0 Å². The van der Waals surface area contributed by atoms with Crippen LogP contribution < -0.4 is 0 Å². The van der Waals surface area contributed by atoms with E-state index >= 15 is 0 Å². The molecule has 0 amide bonds. The molecule has 2 nitrogen and oxygen atoms in total. The first-order chi connectivity index (χ1) is 6.88. The fourth-order valence-corrected chi connectivity index (χ4v) is 2.14. The van der Waals surface area contributed by atoms with E-state index in [0.29, 0.717) is 5.54 Å². The first kappa shape index (κ1) is 9.09. The number of hydrogen-bond acceptors (Lipinski definition) is 2. The number of hydrogen-bond donors (Lipinski definition) is 0. The van der Waals surface area contributed by atoms with Gasteiger partial charge in [0.25, 0.3) is 0 Å². The molecule has 70 valence electrons. The third-order valence-electron chi connectivity index (χ3n) is 2.37. The molecule has 3 heteroatoms. The van der Waals surface area contributed by atoms with Gasteiger partial charge in [0.15, 0.2) is 0 Å². The summed E-state index contributed by atoms with van der Waals surface area (Å²) in [6.45, 7) is 0. The van der Waals surface area contributed by atoms with Crippen LogP contribution in [0.1, 0.15) is 16.7 Å². The van der Waals surface area contributed by atoms with Crippen LogP contribution in [0, 0.1) is 0 Å². The Kier molecular flexibility index (Phi) is 2.69. The zero-order valence-electron chi connectivity index (χ0n) is 8.09. The molecule has 0 spiro atoms. The molecule has 0 fully saturated rings. The van der Waals surface area contributed by atoms with Crippen molar-refractivity contribution in [1.29, 1.82) is 0 Å². The van der Waals surface area contributed by atoms with Crippen molar-refractivity contribution in [3.8, 4) is 0 Å². The Morgan fingerprint density at radius 1 is 0.929 bits per heavy atom. The summed E-state index contributed by atoms with van der Waals surface area (Å²) >= 11 is 0. The topological polar surface area (TPSA) is 25.8 Å². The molecule has 0 aromatic carbocycles. The predicted octanol–water partition coefficient (Wildman–Crippen LogP) is 0.931. The Labute approximate surface area is 86.5 Å². The predicted molar refractivity (Wildman–Crippen MR) is 60.3 cm³/mol. The van der Waals surface area contributed by atoms with E-state index in [4.69, 9.17) is 0 Å². The van der Waals surface area contributed by atoms with Crippen molar-refractivity contribution in [1.82, 2.24) is 9.97 Å². The quantitative estimate of drug-likeness (QED) is 0.674. The normalized spacial score (nSPS) is 10.6. The molecule has 2 aromatic heterocycles. The summed E-state index contributed by atoms with van der Waals surface area (Å²) in [6, 6.07) is 8.21. The van der Waals surface area contributed by atoms with Gasteiger partial charge in [-0.3, -0.25) is 9.97 Å². The van der Waals surface area contributed by atoms with Crippen LogP contribution in [0.15, 0.2) is 49.1 Å². The molecule has 0 bridgehead atoms. The highest BCUT2D eigenvalue weighted by molar-refractivity contribution is 6.14. The van der Waals surface area contributed by atoms with Crippen LogP contribution in [0.5, 0.6) is 0 Å². The summed E-state index contributed by atoms with van der Waals surface area (Å²) < 4.78 is 0. The lowest BCUT2D eigenvalue weighted by Crippen LogP contribution is -2.00. The number of pyridine rings is 2. The fraction of sp³-hybridized carbons (Fsp3) is 0.0909. The van der Waals surface area contributed by atoms with Gasteiger partial charge in [0.1, 0.15) is 0 Å². The van der Waals surface area contributed by atoms with Gasteiger partial charge in [-0.15, -0.1) is 0 Å². The van der Waals surface area contributed by atoms with E-state index in [9.17, 15) is 0 Å². The molecule has 0 unspecified atom stereocenters. The standard InChI is InChI=1S/C11H12N2Si/c14-11(9-3-1-5-12-7-9)10-4-2-6-13-8-10/h1-8,11H,14H3. The summed E-state index contributed by atoms with van der Waals surface area (Å²) in [4.78, 5) is 8.27. The highest BCUT2D eigenvalue weighted by atomic mass is 28.1. The van der Waals surface area contributed by atoms with Gasteiger partial charge in [0.2, 0.25) is 0 Å². The third kappa shape index (κ3) is 1.88. The molecule has 0 atom stereocenters. The van der Waals surface area contributed by atoms with E-state index in [1.807, 2.05) is 24.5 Å². The van der Waals surface area contributed by atoms with E-state index in [0.717, 1.165) is 10.2 Å². The van der Waals surface area contributed by atoms with E-state index in [1.54, 1.807) is 12.4 Å². The van der Waals surface area contributed by atoms with Crippen LogP contribution in [0.25, 0.3) is 0 Å². The molecule has 0 aliphatic rings. The van der Waals surface area contributed by atoms with E-state index in [-0.39, 0.29) is 0 Å². The summed E-state index contributed by atoms with van der Waals surface area (Å²) in [5.74, 6) is 0. The maximum atomic E-state index is 4.13. The minimum absolute atomic E-state index is 0.498. The maximum absolute atomic E-state index is 4.13. The molecule has 2 aromatic rings. The average Bonchev–Trinajstić information content (AvgIpc) is 2.30. The Morgan fingerprint density at radius 2 is 1.43 bits per heavy atom. The van der Waals surface area contributed by atoms with Crippen molar-refractivity contribution in [2.45, 2.75) is 5.54 Å². The molecule has 0 saturated carbocycles. The minimum atomic E-state index is 0.498. The van der Waals surface area contributed by atoms with Gasteiger partial charge in [-0.25, -0.2) is 0 Å². The van der Waals surface area contributed by atoms with E-state index in [2.05, 4.69) is 22.1 Å². The second-order valence-corrected chi connectivity index (χ2v) is 4.45. The van der Waals surface area contributed by atoms with Gasteiger partial charge < -0.3 is 0 Å². The van der Waals surface area contributed by atoms with Crippen molar-refractivity contribution >= 4 is 10.2 Å². The molecular formula is C11H12N2Si. The summed E-state index contributed by atoms with van der Waals surface area (Å²) in [6.07, 6.45) is 7.48. The summed E-state index contributed by atoms with van der Waals surface area (Å²) in [5.41, 5.74) is 3.07. The summed E-state index contributed by atoms with van der Waals surface area (Å²) in [5, 5.41) is 0. The number of nitrogens with zero attached hydrogens (tertiary/aromatic N) is 2. The third-order valence-corrected chi connectivity index (χ3v) is 3.70. The fourth-order valence-electron chi connectivity index (χ4n) is 1.46. The Hall–Kier alpha value is -1.48. The maximum Gasteiger partial charge on any atom is 0.0302 e. The van der Waals surface area contributed by atoms with Gasteiger partial charge in [-0.2, -0.15) is 0 Å². The van der Waals surface area contributed by atoms with Crippen molar-refractivity contribution in [3.63, 3.8) is 0 Å². The molecule has 2 heterocycles. The van der Waals surface area contributed by atoms with E-state index in [1.165, 1.54) is 11.1 Å².